The third-order valence-electron chi connectivity index (χ3n) is 3.58. The molecule has 21 heavy (non-hydrogen) atoms. The molecule has 0 saturated carbocycles. The first-order chi connectivity index (χ1) is 10.3. The molecule has 118 valence electrons. The van der Waals surface area contributed by atoms with Crippen LogP contribution in [0.25, 0.3) is 0 Å². The van der Waals surface area contributed by atoms with Gasteiger partial charge >= 0.3 is 0 Å². The Morgan fingerprint density at radius 1 is 1.33 bits per heavy atom. The summed E-state index contributed by atoms with van der Waals surface area (Å²) < 4.78 is 5.61. The largest absolute Gasteiger partial charge is 0.492 e. The lowest BCUT2D eigenvalue weighted by atomic mass is 10.0. The quantitative estimate of drug-likeness (QED) is 0.825. The van der Waals surface area contributed by atoms with E-state index < -0.39 is 0 Å². The average Bonchev–Trinajstić information content (AvgIpc) is 2.50. The molecule has 0 aromatic carbocycles. The summed E-state index contributed by atoms with van der Waals surface area (Å²) in [5, 5.41) is 4.98. The number of hydrogen-bond acceptors (Lipinski definition) is 5. The molecule has 2 rings (SSSR count). The molecule has 1 aromatic heterocycles. The number of nitrogens with zero attached hydrogens (tertiary/aromatic N) is 1. The fourth-order valence-electron chi connectivity index (χ4n) is 2.59. The monoisotopic (exact) mass is 326 g/mol. The van der Waals surface area contributed by atoms with Crippen molar-refractivity contribution in [3.8, 4) is 5.75 Å². The van der Waals surface area contributed by atoms with Gasteiger partial charge in [-0.2, -0.15) is 23.5 Å². The van der Waals surface area contributed by atoms with Crippen molar-refractivity contribution >= 4 is 23.5 Å². The van der Waals surface area contributed by atoms with Crippen LogP contribution < -0.4 is 10.1 Å². The molecule has 1 N–H and O–H groups in total. The third kappa shape index (κ3) is 4.80. The Morgan fingerprint density at radius 2 is 2.14 bits per heavy atom. The van der Waals surface area contributed by atoms with Crippen LogP contribution in [-0.4, -0.2) is 40.1 Å². The molecule has 1 aliphatic heterocycles. The molecular weight excluding hydrogens is 300 g/mol. The summed E-state index contributed by atoms with van der Waals surface area (Å²) in [4.78, 5) is 4.37. The second kappa shape index (κ2) is 8.91. The standard InChI is InChI=1S/C16H26N2OS2/c1-4-6-18-15(16-12(3)20-7-8-21-16)13-9-14(19-5-2)11-17-10-13/h9-12,15-16,18H,4-8H2,1-3H3. The number of nitrogens with one attached hydrogen (secondary N) is 1. The predicted molar refractivity (Wildman–Crippen MR) is 94.6 cm³/mol. The molecule has 0 bridgehead atoms. The summed E-state index contributed by atoms with van der Waals surface area (Å²) in [5.41, 5.74) is 1.25. The van der Waals surface area contributed by atoms with Gasteiger partial charge in [0.05, 0.1) is 12.8 Å². The zero-order valence-corrected chi connectivity index (χ0v) is 14.8. The molecule has 0 radical (unpaired) electrons. The van der Waals surface area contributed by atoms with Gasteiger partial charge in [0, 0.05) is 34.2 Å². The molecule has 1 fully saturated rings. The van der Waals surface area contributed by atoms with E-state index in [1.54, 1.807) is 6.20 Å². The highest BCUT2D eigenvalue weighted by molar-refractivity contribution is 8.07. The van der Waals surface area contributed by atoms with Crippen LogP contribution in [0, 0.1) is 0 Å². The van der Waals surface area contributed by atoms with Gasteiger partial charge < -0.3 is 10.1 Å². The van der Waals surface area contributed by atoms with Crippen LogP contribution in [0.2, 0.25) is 0 Å². The number of rotatable bonds is 7. The Labute approximate surface area is 137 Å². The highest BCUT2D eigenvalue weighted by atomic mass is 32.2. The van der Waals surface area contributed by atoms with E-state index >= 15 is 0 Å². The minimum atomic E-state index is 0.352. The van der Waals surface area contributed by atoms with Gasteiger partial charge in [-0.25, -0.2) is 0 Å². The Bertz CT molecular complexity index is 430. The van der Waals surface area contributed by atoms with Crippen molar-refractivity contribution in [2.75, 3.05) is 24.7 Å². The molecule has 2 heterocycles. The average molecular weight is 327 g/mol. The Hall–Kier alpha value is -0.390. The third-order valence-corrected chi connectivity index (χ3v) is 6.78. The highest BCUT2D eigenvalue weighted by Gasteiger charge is 2.31. The van der Waals surface area contributed by atoms with Crippen molar-refractivity contribution in [2.45, 2.75) is 43.7 Å². The molecule has 3 atom stereocenters. The number of pyridine rings is 1. The highest BCUT2D eigenvalue weighted by Crippen LogP contribution is 2.39. The van der Waals surface area contributed by atoms with Crippen molar-refractivity contribution in [1.82, 2.24) is 10.3 Å². The van der Waals surface area contributed by atoms with Gasteiger partial charge in [0.25, 0.3) is 0 Å². The molecule has 0 aliphatic carbocycles. The Kier molecular flexibility index (Phi) is 7.20. The summed E-state index contributed by atoms with van der Waals surface area (Å²) in [6.07, 6.45) is 4.94. The minimum Gasteiger partial charge on any atom is -0.492 e. The first-order valence-electron chi connectivity index (χ1n) is 7.80. The van der Waals surface area contributed by atoms with E-state index in [0.29, 0.717) is 23.1 Å². The molecule has 0 amide bonds. The number of hydrogen-bond donors (Lipinski definition) is 1. The van der Waals surface area contributed by atoms with Crippen LogP contribution in [0.15, 0.2) is 18.5 Å². The lowest BCUT2D eigenvalue weighted by molar-refractivity contribution is 0.337. The molecule has 3 nitrogen and oxygen atoms in total. The number of thioether (sulfide) groups is 2. The predicted octanol–water partition coefficient (Wildman–Crippen LogP) is 3.76. The molecule has 1 aromatic rings. The first-order valence-corrected chi connectivity index (χ1v) is 9.90. The first kappa shape index (κ1) is 17.0. The van der Waals surface area contributed by atoms with Crippen LogP contribution in [0.5, 0.6) is 5.75 Å². The molecule has 1 saturated heterocycles. The topological polar surface area (TPSA) is 34.2 Å². The second-order valence-electron chi connectivity index (χ2n) is 5.23. The summed E-state index contributed by atoms with van der Waals surface area (Å²) in [6.45, 7) is 8.29. The van der Waals surface area contributed by atoms with Gasteiger partial charge in [-0.15, -0.1) is 0 Å². The fourth-order valence-corrected chi connectivity index (χ4v) is 5.54. The van der Waals surface area contributed by atoms with Crippen LogP contribution in [0.4, 0.5) is 0 Å². The van der Waals surface area contributed by atoms with Gasteiger partial charge in [-0.3, -0.25) is 4.98 Å². The molecule has 0 spiro atoms. The smallest absolute Gasteiger partial charge is 0.137 e. The Balaban J connectivity index is 2.19. The van der Waals surface area contributed by atoms with E-state index in [-0.39, 0.29) is 0 Å². The summed E-state index contributed by atoms with van der Waals surface area (Å²) in [6, 6.07) is 2.50. The van der Waals surface area contributed by atoms with Gasteiger partial charge in [-0.05, 0) is 31.5 Å². The molecular formula is C16H26N2OS2. The van der Waals surface area contributed by atoms with Gasteiger partial charge in [-0.1, -0.05) is 13.8 Å². The van der Waals surface area contributed by atoms with Gasteiger partial charge in [0.15, 0.2) is 0 Å². The van der Waals surface area contributed by atoms with Crippen LogP contribution in [0.3, 0.4) is 0 Å². The SMILES string of the molecule is CCCNC(c1cncc(OCC)c1)C1SCCSC1C. The van der Waals surface area contributed by atoms with Crippen molar-refractivity contribution in [3.63, 3.8) is 0 Å². The Morgan fingerprint density at radius 3 is 2.86 bits per heavy atom. The molecule has 3 unspecified atom stereocenters. The fraction of sp³-hybridized carbons (Fsp3) is 0.688. The van der Waals surface area contributed by atoms with E-state index in [1.807, 2.05) is 13.1 Å². The van der Waals surface area contributed by atoms with E-state index in [4.69, 9.17) is 4.74 Å². The van der Waals surface area contributed by atoms with E-state index in [9.17, 15) is 0 Å². The lowest BCUT2D eigenvalue weighted by Gasteiger charge is -2.35. The van der Waals surface area contributed by atoms with Crippen LogP contribution in [0.1, 0.15) is 38.8 Å². The van der Waals surface area contributed by atoms with Gasteiger partial charge in [0.1, 0.15) is 5.75 Å². The summed E-state index contributed by atoms with van der Waals surface area (Å²) in [7, 11) is 0. The van der Waals surface area contributed by atoms with Crippen LogP contribution >= 0.6 is 23.5 Å². The maximum absolute atomic E-state index is 5.61. The molecule has 1 aliphatic rings. The maximum Gasteiger partial charge on any atom is 0.137 e. The number of ether oxygens (including phenoxy) is 1. The second-order valence-corrected chi connectivity index (χ2v) is 8.00. The minimum absolute atomic E-state index is 0.352. The van der Waals surface area contributed by atoms with Gasteiger partial charge in [0.2, 0.25) is 0 Å². The zero-order valence-electron chi connectivity index (χ0n) is 13.2. The van der Waals surface area contributed by atoms with Crippen molar-refractivity contribution < 1.29 is 4.74 Å². The van der Waals surface area contributed by atoms with E-state index in [2.05, 4.69) is 53.7 Å². The van der Waals surface area contributed by atoms with Crippen molar-refractivity contribution in [2.24, 2.45) is 0 Å². The summed E-state index contributed by atoms with van der Waals surface area (Å²) in [5.74, 6) is 3.38. The molecule has 5 heteroatoms. The van der Waals surface area contributed by atoms with Crippen molar-refractivity contribution in [1.29, 1.82) is 0 Å². The lowest BCUT2D eigenvalue weighted by Crippen LogP contribution is -2.38. The van der Waals surface area contributed by atoms with E-state index in [1.165, 1.54) is 17.1 Å². The zero-order chi connectivity index (χ0) is 15.1. The van der Waals surface area contributed by atoms with Crippen LogP contribution in [-0.2, 0) is 0 Å². The normalized spacial score (nSPS) is 23.8. The van der Waals surface area contributed by atoms with E-state index in [0.717, 1.165) is 18.7 Å². The van der Waals surface area contributed by atoms with Crippen molar-refractivity contribution in [3.05, 3.63) is 24.0 Å². The number of aromatic nitrogens is 1. The summed E-state index contributed by atoms with van der Waals surface area (Å²) >= 11 is 4.18. The maximum atomic E-state index is 5.61.